The van der Waals surface area contributed by atoms with E-state index < -0.39 is 18.4 Å². The molecule has 2 saturated carbocycles. The Morgan fingerprint density at radius 3 is 2.37 bits per heavy atom. The molecule has 5 heterocycles. The van der Waals surface area contributed by atoms with Crippen LogP contribution >= 0.6 is 0 Å². The van der Waals surface area contributed by atoms with Crippen molar-refractivity contribution in [1.29, 1.82) is 0 Å². The van der Waals surface area contributed by atoms with Crippen molar-refractivity contribution >= 4 is 52.5 Å². The van der Waals surface area contributed by atoms with Gasteiger partial charge in [-0.15, -0.1) is 0 Å². The fourth-order valence-electron chi connectivity index (χ4n) is 10.8. The van der Waals surface area contributed by atoms with Crippen LogP contribution in [0.25, 0.3) is 0 Å². The number of nitrogens with zero attached hydrogens (tertiary/aromatic N) is 6. The number of rotatable bonds is 10. The molecule has 1 atom stereocenters. The van der Waals surface area contributed by atoms with Crippen LogP contribution in [0.2, 0.25) is 0 Å². The van der Waals surface area contributed by atoms with Crippen molar-refractivity contribution in [3.63, 3.8) is 0 Å². The van der Waals surface area contributed by atoms with Gasteiger partial charge in [-0.3, -0.25) is 24.5 Å². The number of carbonyl (C=O) groups excluding carboxylic acids is 4. The molecule has 0 radical (unpaired) electrons. The summed E-state index contributed by atoms with van der Waals surface area (Å²) >= 11 is 0. The van der Waals surface area contributed by atoms with Gasteiger partial charge in [-0.25, -0.2) is 4.98 Å². The molecule has 4 aliphatic heterocycles. The quantitative estimate of drug-likeness (QED) is 0.206. The van der Waals surface area contributed by atoms with Gasteiger partial charge in [0, 0.05) is 56.4 Å². The lowest BCUT2D eigenvalue weighted by Crippen LogP contribution is -2.55. The molecule has 62 heavy (non-hydrogen) atoms. The first-order valence-corrected chi connectivity index (χ1v) is 22.3. The normalized spacial score (nSPS) is 23.5. The van der Waals surface area contributed by atoms with Gasteiger partial charge in [-0.1, -0.05) is 25.0 Å². The van der Waals surface area contributed by atoms with Gasteiger partial charge in [0.1, 0.15) is 11.4 Å². The summed E-state index contributed by atoms with van der Waals surface area (Å²) < 4.78 is 35.8. The Hall–Kier alpha value is -5.38. The lowest BCUT2D eigenvalue weighted by Gasteiger charge is -2.52. The Labute approximate surface area is 361 Å². The van der Waals surface area contributed by atoms with Crippen LogP contribution < -0.4 is 35.4 Å². The maximum Gasteiger partial charge on any atom is 0.342 e. The summed E-state index contributed by atoms with van der Waals surface area (Å²) in [4.78, 5) is 66.6. The molecule has 0 bridgehead atoms. The Kier molecular flexibility index (Phi) is 11.5. The Morgan fingerprint density at radius 2 is 1.68 bits per heavy atom. The third-order valence-corrected chi connectivity index (χ3v) is 14.5. The largest absolute Gasteiger partial charge is 0.495 e. The highest BCUT2D eigenvalue weighted by molar-refractivity contribution is 6.02. The number of halogens is 2. The number of nitrogens with one attached hydrogen (secondary N) is 3. The zero-order chi connectivity index (χ0) is 43.2. The van der Waals surface area contributed by atoms with Gasteiger partial charge in [-0.05, 0) is 118 Å². The van der Waals surface area contributed by atoms with Gasteiger partial charge < -0.3 is 35.0 Å². The van der Waals surface area contributed by atoms with Crippen LogP contribution in [-0.2, 0) is 14.4 Å². The molecule has 1 spiro atoms. The zero-order valence-electron chi connectivity index (χ0n) is 35.6. The topological polar surface area (TPSA) is 152 Å². The lowest BCUT2D eigenvalue weighted by atomic mass is 9.60. The molecule has 1 unspecified atom stereocenters. The van der Waals surface area contributed by atoms with Crippen LogP contribution in [0.3, 0.4) is 0 Å². The summed E-state index contributed by atoms with van der Waals surface area (Å²) in [5.74, 6) is -4.12. The summed E-state index contributed by atoms with van der Waals surface area (Å²) in [6, 6.07) is 13.4. The minimum absolute atomic E-state index is 0.119. The number of piperidine rings is 3. The number of methoxy groups -OCH3 is 1. The number of amides is 4. The minimum atomic E-state index is -3.56. The van der Waals surface area contributed by atoms with Crippen molar-refractivity contribution in [2.75, 3.05) is 73.4 Å². The third-order valence-electron chi connectivity index (χ3n) is 14.5. The number of ether oxygens (including phenoxy) is 1. The maximum atomic E-state index is 15.1. The van der Waals surface area contributed by atoms with E-state index in [1.807, 2.05) is 12.1 Å². The zero-order valence-corrected chi connectivity index (χ0v) is 35.6. The number of alkyl halides is 2. The second kappa shape index (κ2) is 17.1. The van der Waals surface area contributed by atoms with E-state index in [9.17, 15) is 19.2 Å². The highest BCUT2D eigenvalue weighted by Crippen LogP contribution is 2.49. The van der Waals surface area contributed by atoms with E-state index in [0.717, 1.165) is 107 Å². The molecular formula is C46H57F2N9O5. The van der Waals surface area contributed by atoms with Gasteiger partial charge >= 0.3 is 5.92 Å². The van der Waals surface area contributed by atoms with E-state index in [4.69, 9.17) is 4.74 Å². The molecule has 16 heteroatoms. The lowest BCUT2D eigenvalue weighted by molar-refractivity contribution is -0.140. The molecule has 1 aromatic heterocycles. The van der Waals surface area contributed by atoms with Crippen molar-refractivity contribution in [2.45, 2.75) is 101 Å². The van der Waals surface area contributed by atoms with Crippen LogP contribution in [0, 0.1) is 11.3 Å². The smallest absolute Gasteiger partial charge is 0.342 e. The van der Waals surface area contributed by atoms with Gasteiger partial charge in [0.2, 0.25) is 17.8 Å². The van der Waals surface area contributed by atoms with Crippen molar-refractivity contribution in [3.8, 4) is 5.75 Å². The van der Waals surface area contributed by atoms with Crippen molar-refractivity contribution in [2.24, 2.45) is 11.3 Å². The molecule has 2 aromatic carbocycles. The number of hydrogen-bond acceptors (Lipinski definition) is 11. The first-order chi connectivity index (χ1) is 29.9. The standard InChI is InChI=1S/C46H57F2N9O5/c1-54-37-26-49-44(53-40(37)57(34-5-3-4-6-34)28-46(47,48)43(54)61)51-36-13-9-31(23-38(36)62-2)41(59)50-32-24-45(25-32)17-21-55(22-18-45)27-29-15-19-56(20-16-29)33-10-7-30(8-11-33)35-12-14-39(58)52-42(35)60/h7-11,13,23,26,29,32,34-35H,3-6,12,14-22,24-25,27-28H2,1-2H3,(H,50,59)(H,49,51,53)(H,52,58,60). The molecule has 4 amide bonds. The first kappa shape index (κ1) is 41.9. The van der Waals surface area contributed by atoms with E-state index in [2.05, 4.69) is 47.9 Å². The average molecular weight is 854 g/mol. The fourth-order valence-corrected chi connectivity index (χ4v) is 10.8. The number of carbonyl (C=O) groups is 4. The summed E-state index contributed by atoms with van der Waals surface area (Å²) in [5, 5.41) is 8.85. The SMILES string of the molecule is COc1cc(C(=O)NC2CC3(CCN(CC4CCN(c5ccc(C6CCC(=O)NC6=O)cc5)CC4)CC3)C2)ccc1Nc1ncc2c(n1)N(C1CCCC1)CC(F)(F)C(=O)N2C. The number of hydrogen-bond donors (Lipinski definition) is 3. The molecule has 2 aliphatic carbocycles. The molecule has 3 aromatic rings. The number of imide groups is 1. The van der Waals surface area contributed by atoms with Gasteiger partial charge in [-0.2, -0.15) is 13.8 Å². The van der Waals surface area contributed by atoms with E-state index in [1.165, 1.54) is 26.0 Å². The fraction of sp³-hybridized carbons (Fsp3) is 0.565. The van der Waals surface area contributed by atoms with Crippen molar-refractivity contribution in [3.05, 3.63) is 59.8 Å². The van der Waals surface area contributed by atoms with Gasteiger partial charge in [0.25, 0.3) is 11.8 Å². The molecule has 3 saturated heterocycles. The van der Waals surface area contributed by atoms with Crippen molar-refractivity contribution in [1.82, 2.24) is 25.5 Å². The van der Waals surface area contributed by atoms with E-state index in [0.29, 0.717) is 35.8 Å². The summed E-state index contributed by atoms with van der Waals surface area (Å²) in [5.41, 5.74) is 3.65. The maximum absolute atomic E-state index is 15.1. The molecule has 5 fully saturated rings. The number of fused-ring (bicyclic) bond motifs is 1. The van der Waals surface area contributed by atoms with Crippen molar-refractivity contribution < 1.29 is 32.7 Å². The van der Waals surface area contributed by atoms with Crippen LogP contribution in [0.15, 0.2) is 48.7 Å². The monoisotopic (exact) mass is 853 g/mol. The second-order valence-corrected chi connectivity index (χ2v) is 18.5. The third kappa shape index (κ3) is 8.54. The molecule has 3 N–H and O–H groups in total. The molecule has 330 valence electrons. The van der Waals surface area contributed by atoms with Crippen LogP contribution in [-0.4, -0.2) is 110 Å². The molecule has 14 nitrogen and oxygen atoms in total. The number of aromatic nitrogens is 2. The van der Waals surface area contributed by atoms with Crippen LogP contribution in [0.5, 0.6) is 5.75 Å². The molecular weight excluding hydrogens is 797 g/mol. The van der Waals surface area contributed by atoms with Gasteiger partial charge in [0.05, 0.1) is 31.5 Å². The van der Waals surface area contributed by atoms with Crippen LogP contribution in [0.4, 0.5) is 37.6 Å². The number of anilines is 5. The average Bonchev–Trinajstić information content (AvgIpc) is 3.79. The highest BCUT2D eigenvalue weighted by Gasteiger charge is 2.49. The molecule has 6 aliphatic rings. The number of likely N-dealkylation sites (tertiary alicyclic amines) is 1. The minimum Gasteiger partial charge on any atom is -0.495 e. The summed E-state index contributed by atoms with van der Waals surface area (Å²) in [6.45, 7) is 4.59. The van der Waals surface area contributed by atoms with E-state index >= 15 is 8.78 Å². The predicted molar refractivity (Wildman–Crippen MR) is 231 cm³/mol. The predicted octanol–water partition coefficient (Wildman–Crippen LogP) is 6.00. The van der Waals surface area contributed by atoms with E-state index in [1.54, 1.807) is 23.1 Å². The Bertz CT molecular complexity index is 2180. The summed E-state index contributed by atoms with van der Waals surface area (Å²) in [7, 11) is 2.84. The van der Waals surface area contributed by atoms with Gasteiger partial charge in [0.15, 0.2) is 5.82 Å². The Morgan fingerprint density at radius 1 is 0.952 bits per heavy atom. The first-order valence-electron chi connectivity index (χ1n) is 22.3. The van der Waals surface area contributed by atoms with E-state index in [-0.39, 0.29) is 58.6 Å². The molecule has 9 rings (SSSR count). The summed E-state index contributed by atoms with van der Waals surface area (Å²) in [6.07, 6.45) is 12.2. The number of benzene rings is 2. The second-order valence-electron chi connectivity index (χ2n) is 18.5. The highest BCUT2D eigenvalue weighted by atomic mass is 19.3. The Balaban J connectivity index is 0.736. The van der Waals surface area contributed by atoms with Crippen LogP contribution in [0.1, 0.15) is 98.9 Å².